The van der Waals surface area contributed by atoms with E-state index >= 15 is 0 Å². The molecule has 0 fully saturated rings. The standard InChI is InChI=1S/C28H27N3O4/c1-18(2)24-13-14-25(30-29-24)19-9-11-23(12-10-19)35-26-17-22(28(33)34-4)8-7-20(26)16-21-6-5-15-31(3)27(21)32/h5-15,17-18H,16H2,1-4H3. The van der Waals surface area contributed by atoms with E-state index in [1.807, 2.05) is 42.5 Å². The number of esters is 1. The molecule has 35 heavy (non-hydrogen) atoms. The summed E-state index contributed by atoms with van der Waals surface area (Å²) in [6, 6.07) is 20.1. The van der Waals surface area contributed by atoms with Crippen LogP contribution in [0.5, 0.6) is 11.5 Å². The summed E-state index contributed by atoms with van der Waals surface area (Å²) >= 11 is 0. The topological polar surface area (TPSA) is 83.3 Å². The molecule has 7 heteroatoms. The Morgan fingerprint density at radius 1 is 0.971 bits per heavy atom. The first-order valence-electron chi connectivity index (χ1n) is 11.3. The van der Waals surface area contributed by atoms with Gasteiger partial charge >= 0.3 is 5.97 Å². The van der Waals surface area contributed by atoms with Crippen LogP contribution in [0.25, 0.3) is 11.3 Å². The van der Waals surface area contributed by atoms with Gasteiger partial charge in [0.25, 0.3) is 5.56 Å². The second-order valence-corrected chi connectivity index (χ2v) is 8.56. The van der Waals surface area contributed by atoms with E-state index < -0.39 is 5.97 Å². The largest absolute Gasteiger partial charge is 0.465 e. The molecule has 0 bridgehead atoms. The Kier molecular flexibility index (Phi) is 7.06. The van der Waals surface area contributed by atoms with Crippen molar-refractivity contribution in [1.82, 2.24) is 14.8 Å². The summed E-state index contributed by atoms with van der Waals surface area (Å²) in [6.45, 7) is 4.16. The molecule has 0 saturated heterocycles. The van der Waals surface area contributed by atoms with Crippen LogP contribution in [0.15, 0.2) is 77.7 Å². The molecule has 0 atom stereocenters. The number of carbonyl (C=O) groups is 1. The van der Waals surface area contributed by atoms with Crippen molar-refractivity contribution in [3.05, 3.63) is 106 Å². The third-order valence-electron chi connectivity index (χ3n) is 5.73. The number of aryl methyl sites for hydroxylation is 1. The summed E-state index contributed by atoms with van der Waals surface area (Å²) in [6.07, 6.45) is 2.08. The first kappa shape index (κ1) is 23.9. The molecule has 0 saturated carbocycles. The molecule has 4 aromatic rings. The molecule has 0 N–H and O–H groups in total. The van der Waals surface area contributed by atoms with Gasteiger partial charge < -0.3 is 14.0 Å². The number of pyridine rings is 1. The lowest BCUT2D eigenvalue weighted by Gasteiger charge is -2.13. The molecule has 0 aliphatic heterocycles. The molecule has 0 spiro atoms. The summed E-state index contributed by atoms with van der Waals surface area (Å²) in [5.41, 5.74) is 4.32. The average molecular weight is 470 g/mol. The summed E-state index contributed by atoms with van der Waals surface area (Å²) in [5.74, 6) is 0.923. The third kappa shape index (κ3) is 5.46. The smallest absolute Gasteiger partial charge is 0.337 e. The maximum absolute atomic E-state index is 12.5. The van der Waals surface area contributed by atoms with Crippen LogP contribution in [0.2, 0.25) is 0 Å². The first-order chi connectivity index (χ1) is 16.9. The minimum atomic E-state index is -0.462. The van der Waals surface area contributed by atoms with E-state index in [1.54, 1.807) is 37.5 Å². The van der Waals surface area contributed by atoms with Crippen LogP contribution in [0.1, 0.15) is 46.9 Å². The van der Waals surface area contributed by atoms with E-state index in [0.717, 1.165) is 22.5 Å². The van der Waals surface area contributed by atoms with Crippen LogP contribution < -0.4 is 10.3 Å². The van der Waals surface area contributed by atoms with Gasteiger partial charge in [-0.2, -0.15) is 10.2 Å². The van der Waals surface area contributed by atoms with Crippen molar-refractivity contribution in [2.45, 2.75) is 26.2 Å². The van der Waals surface area contributed by atoms with Crippen molar-refractivity contribution in [1.29, 1.82) is 0 Å². The van der Waals surface area contributed by atoms with Gasteiger partial charge in [-0.05, 0) is 66.1 Å². The molecule has 178 valence electrons. The summed E-state index contributed by atoms with van der Waals surface area (Å²) in [7, 11) is 3.05. The van der Waals surface area contributed by atoms with Crippen molar-refractivity contribution in [3.8, 4) is 22.8 Å². The molecule has 0 aliphatic rings. The summed E-state index contributed by atoms with van der Waals surface area (Å²) < 4.78 is 12.6. The second-order valence-electron chi connectivity index (χ2n) is 8.56. The highest BCUT2D eigenvalue weighted by Gasteiger charge is 2.14. The molecule has 2 aromatic heterocycles. The number of aromatic nitrogens is 3. The summed E-state index contributed by atoms with van der Waals surface area (Å²) in [5, 5.41) is 8.62. The molecule has 2 aromatic carbocycles. The molecular formula is C28H27N3O4. The van der Waals surface area contributed by atoms with Crippen LogP contribution in [0.3, 0.4) is 0 Å². The van der Waals surface area contributed by atoms with Crippen molar-refractivity contribution in [2.24, 2.45) is 7.05 Å². The van der Waals surface area contributed by atoms with Crippen LogP contribution in [0, 0.1) is 0 Å². The van der Waals surface area contributed by atoms with E-state index in [1.165, 1.54) is 11.7 Å². The minimum Gasteiger partial charge on any atom is -0.465 e. The highest BCUT2D eigenvalue weighted by atomic mass is 16.5. The van der Waals surface area contributed by atoms with Gasteiger partial charge in [0.05, 0.1) is 24.1 Å². The Morgan fingerprint density at radius 3 is 2.40 bits per heavy atom. The quantitative estimate of drug-likeness (QED) is 0.349. The van der Waals surface area contributed by atoms with Gasteiger partial charge in [-0.25, -0.2) is 4.79 Å². The zero-order valence-corrected chi connectivity index (χ0v) is 20.2. The van der Waals surface area contributed by atoms with E-state index in [2.05, 4.69) is 24.0 Å². The lowest BCUT2D eigenvalue weighted by atomic mass is 10.0. The first-order valence-corrected chi connectivity index (χ1v) is 11.3. The van der Waals surface area contributed by atoms with Gasteiger partial charge in [0.1, 0.15) is 11.5 Å². The lowest BCUT2D eigenvalue weighted by Crippen LogP contribution is -2.20. The van der Waals surface area contributed by atoms with Crippen molar-refractivity contribution < 1.29 is 14.3 Å². The summed E-state index contributed by atoms with van der Waals surface area (Å²) in [4.78, 5) is 24.6. The van der Waals surface area contributed by atoms with E-state index in [-0.39, 0.29) is 5.56 Å². The highest BCUT2D eigenvalue weighted by Crippen LogP contribution is 2.30. The van der Waals surface area contributed by atoms with Crippen LogP contribution in [-0.4, -0.2) is 27.8 Å². The molecular weight excluding hydrogens is 442 g/mol. The van der Waals surface area contributed by atoms with Crippen LogP contribution >= 0.6 is 0 Å². The fourth-order valence-electron chi connectivity index (χ4n) is 3.66. The molecule has 2 heterocycles. The Balaban J connectivity index is 1.63. The Labute approximate surface area is 204 Å². The molecule has 0 unspecified atom stereocenters. The maximum atomic E-state index is 12.5. The fraction of sp³-hybridized carbons (Fsp3) is 0.214. The van der Waals surface area contributed by atoms with E-state index in [4.69, 9.17) is 9.47 Å². The van der Waals surface area contributed by atoms with E-state index in [0.29, 0.717) is 35.0 Å². The maximum Gasteiger partial charge on any atom is 0.337 e. The number of methoxy groups -OCH3 is 1. The predicted octanol–water partition coefficient (Wildman–Crippen LogP) is 5.14. The Hall–Kier alpha value is -4.26. The van der Waals surface area contributed by atoms with Crippen molar-refractivity contribution in [3.63, 3.8) is 0 Å². The van der Waals surface area contributed by atoms with Gasteiger partial charge in [0, 0.05) is 30.8 Å². The van der Waals surface area contributed by atoms with Gasteiger partial charge in [0.15, 0.2) is 0 Å². The van der Waals surface area contributed by atoms with E-state index in [9.17, 15) is 9.59 Å². The Bertz CT molecular complexity index is 1390. The zero-order valence-electron chi connectivity index (χ0n) is 20.2. The average Bonchev–Trinajstić information content (AvgIpc) is 2.87. The molecule has 7 nitrogen and oxygen atoms in total. The number of hydrogen-bond donors (Lipinski definition) is 0. The fourth-order valence-corrected chi connectivity index (χ4v) is 3.66. The van der Waals surface area contributed by atoms with Crippen molar-refractivity contribution in [2.75, 3.05) is 7.11 Å². The van der Waals surface area contributed by atoms with Crippen LogP contribution in [0.4, 0.5) is 0 Å². The van der Waals surface area contributed by atoms with Crippen LogP contribution in [-0.2, 0) is 18.2 Å². The number of nitrogens with zero attached hydrogens (tertiary/aromatic N) is 3. The van der Waals surface area contributed by atoms with Gasteiger partial charge in [-0.1, -0.05) is 26.0 Å². The molecule has 4 rings (SSSR count). The molecule has 0 aliphatic carbocycles. The van der Waals surface area contributed by atoms with Gasteiger partial charge in [-0.3, -0.25) is 4.79 Å². The third-order valence-corrected chi connectivity index (χ3v) is 5.73. The van der Waals surface area contributed by atoms with Gasteiger partial charge in [0.2, 0.25) is 0 Å². The lowest BCUT2D eigenvalue weighted by molar-refractivity contribution is 0.0600. The second kappa shape index (κ2) is 10.3. The minimum absolute atomic E-state index is 0.0792. The van der Waals surface area contributed by atoms with Gasteiger partial charge in [-0.15, -0.1) is 0 Å². The van der Waals surface area contributed by atoms with Crippen molar-refractivity contribution >= 4 is 5.97 Å². The highest BCUT2D eigenvalue weighted by molar-refractivity contribution is 5.90. The zero-order chi connectivity index (χ0) is 24.9. The number of carbonyl (C=O) groups excluding carboxylic acids is 1. The number of ether oxygens (including phenoxy) is 2. The molecule has 0 radical (unpaired) electrons. The Morgan fingerprint density at radius 2 is 1.74 bits per heavy atom. The number of benzene rings is 2. The monoisotopic (exact) mass is 469 g/mol. The SMILES string of the molecule is COC(=O)c1ccc(Cc2cccn(C)c2=O)c(Oc2ccc(-c3ccc(C(C)C)nn3)cc2)c1. The molecule has 0 amide bonds. The number of rotatable bonds is 7. The number of hydrogen-bond acceptors (Lipinski definition) is 6. The predicted molar refractivity (Wildman–Crippen MR) is 134 cm³/mol. The normalized spacial score (nSPS) is 10.9.